The fourth-order valence-corrected chi connectivity index (χ4v) is 2.89. The second kappa shape index (κ2) is 7.46. The van der Waals surface area contributed by atoms with E-state index >= 15 is 0 Å². The first-order valence-electron chi connectivity index (χ1n) is 4.78. The first kappa shape index (κ1) is 13.1. The van der Waals surface area contributed by atoms with Gasteiger partial charge in [-0.1, -0.05) is 12.8 Å². The van der Waals surface area contributed by atoms with Gasteiger partial charge in [0.15, 0.2) is 0 Å². The molecule has 0 saturated carbocycles. The zero-order valence-electron chi connectivity index (χ0n) is 8.71. The fraction of sp³-hybridized carbons (Fsp3) is 1.00. The monoisotopic (exact) mass is 206 g/mol. The van der Waals surface area contributed by atoms with Gasteiger partial charge < -0.3 is 20.3 Å². The van der Waals surface area contributed by atoms with E-state index in [0.29, 0.717) is 0 Å². The van der Waals surface area contributed by atoms with E-state index in [1.165, 1.54) is 0 Å². The van der Waals surface area contributed by atoms with Crippen LogP contribution >= 0.6 is 0 Å². The maximum Gasteiger partial charge on any atom is 0.335 e. The van der Waals surface area contributed by atoms with E-state index in [1.807, 2.05) is 6.55 Å². The van der Waals surface area contributed by atoms with Gasteiger partial charge in [-0.15, -0.1) is 0 Å². The van der Waals surface area contributed by atoms with E-state index in [2.05, 4.69) is 0 Å². The predicted molar refractivity (Wildman–Crippen MR) is 56.5 cm³/mol. The van der Waals surface area contributed by atoms with Gasteiger partial charge in [-0.25, -0.2) is 0 Å². The molecule has 0 saturated heterocycles. The highest BCUT2D eigenvalue weighted by Crippen LogP contribution is 2.16. The van der Waals surface area contributed by atoms with Gasteiger partial charge in [0.2, 0.25) is 0 Å². The van der Waals surface area contributed by atoms with Crippen LogP contribution < -0.4 is 11.5 Å². The summed E-state index contributed by atoms with van der Waals surface area (Å²) in [4.78, 5) is 0. The molecule has 4 N–H and O–H groups in total. The zero-order chi connectivity index (χ0) is 10.2. The van der Waals surface area contributed by atoms with Gasteiger partial charge in [0.25, 0.3) is 0 Å². The Morgan fingerprint density at radius 3 is 2.31 bits per heavy atom. The van der Waals surface area contributed by atoms with Gasteiger partial charge in [-0.05, 0) is 25.6 Å². The van der Waals surface area contributed by atoms with Crippen molar-refractivity contribution < 1.29 is 8.85 Å². The molecule has 0 rings (SSSR count). The summed E-state index contributed by atoms with van der Waals surface area (Å²) in [6.07, 6.45) is 3.35. The lowest BCUT2D eigenvalue weighted by molar-refractivity contribution is 0.209. The molecule has 0 amide bonds. The Bertz CT molecular complexity index is 127. The van der Waals surface area contributed by atoms with E-state index in [1.54, 1.807) is 7.11 Å². The maximum absolute atomic E-state index is 5.42. The molecule has 0 aromatic heterocycles. The Labute approximate surface area is 81.8 Å². The molecule has 80 valence electrons. The highest BCUT2D eigenvalue weighted by molar-refractivity contribution is 6.65. The van der Waals surface area contributed by atoms with Gasteiger partial charge >= 0.3 is 8.56 Å². The molecule has 4 nitrogen and oxygen atoms in total. The third-order valence-electron chi connectivity index (χ3n) is 2.16. The van der Waals surface area contributed by atoms with Gasteiger partial charge in [0, 0.05) is 7.11 Å². The summed E-state index contributed by atoms with van der Waals surface area (Å²) in [7, 11) is -0.240. The summed E-state index contributed by atoms with van der Waals surface area (Å²) >= 11 is 0. The molecule has 0 aliphatic carbocycles. The lowest BCUT2D eigenvalue weighted by Crippen LogP contribution is -2.39. The molecule has 0 aromatic rings. The third-order valence-corrected chi connectivity index (χ3v) is 5.06. The Morgan fingerprint density at radius 2 is 1.85 bits per heavy atom. The Balaban J connectivity index is 3.57. The van der Waals surface area contributed by atoms with Gasteiger partial charge in [-0.3, -0.25) is 0 Å². The number of hydrogen-bond acceptors (Lipinski definition) is 4. The molecule has 0 aliphatic rings. The van der Waals surface area contributed by atoms with Crippen LogP contribution in [0, 0.1) is 0 Å². The largest absolute Gasteiger partial charge is 0.398 e. The normalized spacial score (nSPS) is 15.7. The molecule has 0 aromatic carbocycles. The van der Waals surface area contributed by atoms with Crippen LogP contribution in [0.5, 0.6) is 0 Å². The summed E-state index contributed by atoms with van der Waals surface area (Å²) in [5.41, 5.74) is 10.7. The predicted octanol–water partition coefficient (Wildman–Crippen LogP) is 0.767. The van der Waals surface area contributed by atoms with Crippen LogP contribution in [0.25, 0.3) is 0 Å². The third kappa shape index (κ3) is 6.17. The van der Waals surface area contributed by atoms with E-state index in [0.717, 1.165) is 31.9 Å². The SMILES string of the molecule is CO[Si](C)(CCCCCN)OCN. The van der Waals surface area contributed by atoms with E-state index in [-0.39, 0.29) is 6.73 Å². The molecule has 1 atom stereocenters. The molecule has 0 bridgehead atoms. The standard InChI is InChI=1S/C8H22N2O2Si/c1-11-13(2,12-8-10)7-5-3-4-6-9/h3-10H2,1-2H3. The number of unbranched alkanes of at least 4 members (excludes halogenated alkanes) is 2. The summed E-state index contributed by atoms with van der Waals surface area (Å²) in [5.74, 6) is 0. The molecule has 0 radical (unpaired) electrons. The Morgan fingerprint density at radius 1 is 1.15 bits per heavy atom. The van der Waals surface area contributed by atoms with Crippen LogP contribution in [0.1, 0.15) is 19.3 Å². The Kier molecular flexibility index (Phi) is 7.49. The smallest absolute Gasteiger partial charge is 0.335 e. The van der Waals surface area contributed by atoms with Crippen molar-refractivity contribution in [3.63, 3.8) is 0 Å². The first-order chi connectivity index (χ1) is 6.18. The van der Waals surface area contributed by atoms with Crippen LogP contribution in [-0.2, 0) is 8.85 Å². The van der Waals surface area contributed by atoms with Crippen molar-refractivity contribution in [2.24, 2.45) is 11.5 Å². The number of nitrogens with two attached hydrogens (primary N) is 2. The van der Waals surface area contributed by atoms with Gasteiger partial charge in [0.1, 0.15) is 0 Å². The fourth-order valence-electron chi connectivity index (χ4n) is 1.18. The van der Waals surface area contributed by atoms with Crippen molar-refractivity contribution in [3.8, 4) is 0 Å². The molecule has 1 unspecified atom stereocenters. The second-order valence-corrected chi connectivity index (χ2v) is 6.71. The summed E-state index contributed by atoms with van der Waals surface area (Å²) in [5, 5.41) is 0. The molecule has 0 aliphatic heterocycles. The minimum Gasteiger partial charge on any atom is -0.398 e. The quantitative estimate of drug-likeness (QED) is 0.349. The minimum absolute atomic E-state index is 0.257. The topological polar surface area (TPSA) is 70.5 Å². The highest BCUT2D eigenvalue weighted by atomic mass is 28.4. The highest BCUT2D eigenvalue weighted by Gasteiger charge is 2.28. The lowest BCUT2D eigenvalue weighted by atomic mass is 10.2. The Hall–Kier alpha value is 0.0569. The van der Waals surface area contributed by atoms with Crippen LogP contribution in [0.3, 0.4) is 0 Å². The van der Waals surface area contributed by atoms with Crippen molar-refractivity contribution in [1.29, 1.82) is 0 Å². The number of rotatable bonds is 8. The summed E-state index contributed by atoms with van der Waals surface area (Å²) in [6.45, 7) is 3.07. The van der Waals surface area contributed by atoms with Crippen molar-refractivity contribution >= 4 is 8.56 Å². The number of hydrogen-bond donors (Lipinski definition) is 2. The molecule has 0 heterocycles. The molecule has 0 spiro atoms. The maximum atomic E-state index is 5.42. The molecule has 13 heavy (non-hydrogen) atoms. The summed E-state index contributed by atoms with van der Waals surface area (Å²) in [6, 6.07) is 1.00. The van der Waals surface area contributed by atoms with E-state index in [4.69, 9.17) is 20.3 Å². The molecule has 0 fully saturated rings. The van der Waals surface area contributed by atoms with Crippen molar-refractivity contribution in [2.75, 3.05) is 20.4 Å². The average molecular weight is 206 g/mol. The van der Waals surface area contributed by atoms with Crippen molar-refractivity contribution in [2.45, 2.75) is 31.9 Å². The van der Waals surface area contributed by atoms with Crippen LogP contribution in [0.15, 0.2) is 0 Å². The molecular formula is C8H22N2O2Si. The van der Waals surface area contributed by atoms with Crippen LogP contribution in [-0.4, -0.2) is 28.9 Å². The minimum atomic E-state index is -1.94. The van der Waals surface area contributed by atoms with Gasteiger partial charge in [-0.2, -0.15) is 0 Å². The van der Waals surface area contributed by atoms with Crippen LogP contribution in [0.2, 0.25) is 12.6 Å². The first-order valence-corrected chi connectivity index (χ1v) is 7.30. The van der Waals surface area contributed by atoms with Gasteiger partial charge in [0.05, 0.1) is 6.73 Å². The second-order valence-electron chi connectivity index (χ2n) is 3.25. The van der Waals surface area contributed by atoms with E-state index in [9.17, 15) is 0 Å². The van der Waals surface area contributed by atoms with Crippen molar-refractivity contribution in [1.82, 2.24) is 0 Å². The van der Waals surface area contributed by atoms with Crippen LogP contribution in [0.4, 0.5) is 0 Å². The molecular weight excluding hydrogens is 184 g/mol. The summed E-state index contributed by atoms with van der Waals surface area (Å²) < 4.78 is 10.8. The molecule has 5 heteroatoms. The lowest BCUT2D eigenvalue weighted by Gasteiger charge is -2.23. The average Bonchev–Trinajstić information content (AvgIpc) is 2.13. The van der Waals surface area contributed by atoms with E-state index < -0.39 is 8.56 Å². The zero-order valence-corrected chi connectivity index (χ0v) is 9.71. The van der Waals surface area contributed by atoms with Crippen molar-refractivity contribution in [3.05, 3.63) is 0 Å².